The Morgan fingerprint density at radius 3 is 1.21 bits per heavy atom. The minimum Gasteiger partial charge on any atom is -1.00 e. The first-order valence-electron chi connectivity index (χ1n) is 11.9. The summed E-state index contributed by atoms with van der Waals surface area (Å²) in [5, 5.41) is 0. The van der Waals surface area contributed by atoms with Gasteiger partial charge in [0, 0.05) is 0 Å². The van der Waals surface area contributed by atoms with E-state index >= 15 is 0 Å². The first-order chi connectivity index (χ1) is 15.2. The van der Waals surface area contributed by atoms with Crippen LogP contribution in [0.1, 0.15) is 49.9 Å². The summed E-state index contributed by atoms with van der Waals surface area (Å²) in [7, 11) is 0. The first-order valence-corrected chi connectivity index (χ1v) is 20.5. The van der Waals surface area contributed by atoms with Crippen molar-refractivity contribution in [1.29, 1.82) is 0 Å². The predicted molar refractivity (Wildman–Crippen MR) is 140 cm³/mol. The Labute approximate surface area is 227 Å². The summed E-state index contributed by atoms with van der Waals surface area (Å²) < 4.78 is 3.73. The fraction of sp³-hybridized carbons (Fsp3) is 0.333. The molecule has 4 heteroatoms. The second kappa shape index (κ2) is 11.9. The summed E-state index contributed by atoms with van der Waals surface area (Å²) in [6.07, 6.45) is 5.12. The topological polar surface area (TPSA) is 0 Å². The van der Waals surface area contributed by atoms with Crippen LogP contribution in [0.5, 0.6) is 0 Å². The minimum absolute atomic E-state index is 0. The van der Waals surface area contributed by atoms with E-state index in [1.54, 1.807) is 11.1 Å². The second-order valence-electron chi connectivity index (χ2n) is 9.92. The number of benzene rings is 2. The van der Waals surface area contributed by atoms with Crippen LogP contribution in [0.25, 0.3) is 11.1 Å². The van der Waals surface area contributed by atoms with Crippen molar-refractivity contribution in [2.45, 2.75) is 54.6 Å². The number of aryl methyl sites for hydroxylation is 2. The number of hydrogen-bond acceptors (Lipinski definition) is 0. The Balaban J connectivity index is 0.00000204. The summed E-state index contributed by atoms with van der Waals surface area (Å²) in [6, 6.07) is 18.3. The zero-order valence-corrected chi connectivity index (χ0v) is 26.7. The molecule has 2 aromatic carbocycles. The van der Waals surface area contributed by atoms with Gasteiger partial charge in [-0.1, -0.05) is 0 Å². The van der Waals surface area contributed by atoms with E-state index in [0.717, 1.165) is 0 Å². The molecule has 2 atom stereocenters. The molecule has 2 aliphatic rings. The summed E-state index contributed by atoms with van der Waals surface area (Å²) in [5.74, 6) is 1.16. The van der Waals surface area contributed by atoms with Gasteiger partial charge in [-0.05, 0) is 0 Å². The summed E-state index contributed by atoms with van der Waals surface area (Å²) in [6.45, 7) is 19.3. The molecule has 0 bridgehead atoms. The molecule has 0 radical (unpaired) electrons. The molecule has 0 fully saturated rings. The van der Waals surface area contributed by atoms with E-state index < -0.39 is 20.4 Å². The monoisotopic (exact) mass is 584 g/mol. The molecule has 0 nitrogen and oxygen atoms in total. The maximum Gasteiger partial charge on any atom is -1.00 e. The van der Waals surface area contributed by atoms with E-state index in [4.69, 9.17) is 0 Å². The van der Waals surface area contributed by atoms with Crippen molar-refractivity contribution in [3.63, 3.8) is 0 Å². The quantitative estimate of drug-likeness (QED) is 0.484. The van der Waals surface area contributed by atoms with Gasteiger partial charge >= 0.3 is 204 Å². The van der Waals surface area contributed by atoms with Crippen LogP contribution < -0.4 is 24.8 Å². The maximum atomic E-state index is 2.59. The molecule has 2 aliphatic carbocycles. The van der Waals surface area contributed by atoms with Crippen LogP contribution in [0.4, 0.5) is 0 Å². The molecule has 0 saturated heterocycles. The van der Waals surface area contributed by atoms with Gasteiger partial charge in [-0.15, -0.1) is 0 Å². The van der Waals surface area contributed by atoms with Gasteiger partial charge in [-0.2, -0.15) is 0 Å². The second-order valence-corrected chi connectivity index (χ2v) is 26.7. The number of rotatable bonds is 4. The van der Waals surface area contributed by atoms with Crippen molar-refractivity contribution < 1.29 is 45.2 Å². The Morgan fingerprint density at radius 1 is 0.588 bits per heavy atom. The fourth-order valence-corrected chi connectivity index (χ4v) is 25.3. The van der Waals surface area contributed by atoms with Gasteiger partial charge in [-0.3, -0.25) is 0 Å². The van der Waals surface area contributed by atoms with Crippen LogP contribution in [0.3, 0.4) is 0 Å². The standard InChI is InChI=1S/2C14H15.C2H6Si.2ClH.Zr/c2*1-10-4-6-13(7-5-10)14-9-11(2)8-12(14)3;1-3-2;;;/h2*4-7,9,11H,1-3H3;1-2H3;2*1H;/q;;;;;+2/p-2. The van der Waals surface area contributed by atoms with E-state index in [-0.39, 0.29) is 30.2 Å². The summed E-state index contributed by atoms with van der Waals surface area (Å²) >= 11 is -1.98. The van der Waals surface area contributed by atoms with Gasteiger partial charge in [0.05, 0.1) is 0 Å². The van der Waals surface area contributed by atoms with Gasteiger partial charge in [-0.25, -0.2) is 0 Å². The Hall–Kier alpha value is -0.920. The number of allylic oxidation sites excluding steroid dienone is 8. The molecule has 4 rings (SSSR count). The van der Waals surface area contributed by atoms with Crippen molar-refractivity contribution in [2.24, 2.45) is 11.8 Å². The van der Waals surface area contributed by atoms with Crippen LogP contribution in [-0.4, -0.2) is 5.43 Å². The van der Waals surface area contributed by atoms with Gasteiger partial charge < -0.3 is 24.8 Å². The molecule has 2 aromatic rings. The van der Waals surface area contributed by atoms with Crippen LogP contribution in [-0.2, 0) is 20.4 Å². The van der Waals surface area contributed by atoms with E-state index in [9.17, 15) is 0 Å². The Bertz CT molecular complexity index is 1130. The largest absolute Gasteiger partial charge is 1.00 e. The zero-order chi connectivity index (χ0) is 23.2. The molecule has 34 heavy (non-hydrogen) atoms. The molecule has 178 valence electrons. The third-order valence-corrected chi connectivity index (χ3v) is 25.4. The van der Waals surface area contributed by atoms with Crippen molar-refractivity contribution in [2.75, 3.05) is 0 Å². The van der Waals surface area contributed by atoms with Gasteiger partial charge in [0.15, 0.2) is 0 Å². The average Bonchev–Trinajstić information content (AvgIpc) is 3.20. The third kappa shape index (κ3) is 5.57. The molecule has 0 amide bonds. The zero-order valence-electron chi connectivity index (χ0n) is 21.7. The molecular weight excluding hydrogens is 551 g/mol. The fourth-order valence-electron chi connectivity index (χ4n) is 5.50. The molecule has 2 unspecified atom stereocenters. The molecule has 0 aliphatic heterocycles. The number of hydrogen-bond donors (Lipinski definition) is 0. The van der Waals surface area contributed by atoms with Crippen molar-refractivity contribution in [3.05, 3.63) is 101 Å². The van der Waals surface area contributed by atoms with Gasteiger partial charge in [0.25, 0.3) is 0 Å². The summed E-state index contributed by atoms with van der Waals surface area (Å²) in [4.78, 5) is 0. The molecule has 0 saturated carbocycles. The molecule has 0 heterocycles. The van der Waals surface area contributed by atoms with Crippen molar-refractivity contribution in [1.82, 2.24) is 0 Å². The first kappa shape index (κ1) is 29.3. The molecule has 0 aromatic heterocycles. The van der Waals surface area contributed by atoms with E-state index in [1.165, 1.54) is 33.4 Å². The van der Waals surface area contributed by atoms with Crippen LogP contribution >= 0.6 is 0 Å². The SMILES string of the molecule is CC1=[C]([Zr+2]([C]2=C(C)C(c3ccc(C)cc3)=CC2C)=[Si](C)C)C(C)C=C1c1ccc(C)cc1.[Cl-].[Cl-]. The third-order valence-electron chi connectivity index (χ3n) is 7.12. The summed E-state index contributed by atoms with van der Waals surface area (Å²) in [5.41, 5.74) is 11.2. The van der Waals surface area contributed by atoms with Gasteiger partial charge in [0.1, 0.15) is 0 Å². The van der Waals surface area contributed by atoms with E-state index in [2.05, 4.69) is 115 Å². The van der Waals surface area contributed by atoms with Crippen LogP contribution in [0.2, 0.25) is 13.1 Å². The predicted octanol–water partition coefficient (Wildman–Crippen LogP) is 2.50. The molecule has 0 spiro atoms. The van der Waals surface area contributed by atoms with Crippen molar-refractivity contribution in [3.8, 4) is 0 Å². The maximum absolute atomic E-state index is 2.59. The van der Waals surface area contributed by atoms with E-state index in [1.807, 2.05) is 6.56 Å². The van der Waals surface area contributed by atoms with Crippen molar-refractivity contribution >= 4 is 16.6 Å². The Morgan fingerprint density at radius 2 is 0.912 bits per heavy atom. The molecular formula is C30H36Cl2SiZr. The van der Waals surface area contributed by atoms with Crippen LogP contribution in [0.15, 0.2) is 78.4 Å². The van der Waals surface area contributed by atoms with Crippen LogP contribution in [0, 0.1) is 25.7 Å². The minimum atomic E-state index is -1.98. The smallest absolute Gasteiger partial charge is 1.00 e. The normalized spacial score (nSPS) is 19.1. The Kier molecular flexibility index (Phi) is 10.2. The average molecular weight is 587 g/mol. The van der Waals surface area contributed by atoms with Gasteiger partial charge in [0.2, 0.25) is 0 Å². The van der Waals surface area contributed by atoms with E-state index in [0.29, 0.717) is 11.8 Å². The molecule has 0 N–H and O–H groups in total. The number of halogens is 2.